The lowest BCUT2D eigenvalue weighted by Gasteiger charge is -2.21. The van der Waals surface area contributed by atoms with Gasteiger partial charge in [0.1, 0.15) is 17.4 Å². The number of ether oxygens (including phenoxy) is 2. The smallest absolute Gasteiger partial charge is 0.411 e. The fraction of sp³-hybridized carbons (Fsp3) is 0.217. The fourth-order valence-electron chi connectivity index (χ4n) is 3.06. The summed E-state index contributed by atoms with van der Waals surface area (Å²) < 4.78 is 10.1. The van der Waals surface area contributed by atoms with Crippen molar-refractivity contribution in [1.82, 2.24) is 4.98 Å². The maximum Gasteiger partial charge on any atom is 0.411 e. The number of aromatic nitrogens is 1. The molecule has 1 heterocycles. The standard InChI is InChI=1S/C23H25ClN4O3/c1-3-31-23(29)27-19-12-13-21(28-22(19)25)26-20(14-15-4-8-17(24)9-5-15)16-6-10-18(30-2)11-7-16/h4-13,20H,3,14H2,1-2H3,(H,27,29)(H3,25,26,28). The number of halogens is 1. The average molecular weight is 441 g/mol. The molecule has 0 aliphatic carbocycles. The second kappa shape index (κ2) is 10.5. The lowest BCUT2D eigenvalue weighted by Crippen LogP contribution is -2.17. The third kappa shape index (κ3) is 6.26. The van der Waals surface area contributed by atoms with E-state index in [1.807, 2.05) is 48.5 Å². The first-order valence-corrected chi connectivity index (χ1v) is 10.2. The van der Waals surface area contributed by atoms with Crippen molar-refractivity contribution >= 4 is 35.0 Å². The van der Waals surface area contributed by atoms with Gasteiger partial charge in [-0.3, -0.25) is 5.32 Å². The maximum absolute atomic E-state index is 11.6. The van der Waals surface area contributed by atoms with E-state index in [9.17, 15) is 4.79 Å². The zero-order chi connectivity index (χ0) is 22.2. The molecule has 7 nitrogen and oxygen atoms in total. The Morgan fingerprint density at radius 2 is 1.81 bits per heavy atom. The van der Waals surface area contributed by atoms with E-state index in [1.165, 1.54) is 0 Å². The average Bonchev–Trinajstić information content (AvgIpc) is 2.77. The Labute approximate surface area is 186 Å². The van der Waals surface area contributed by atoms with Crippen molar-refractivity contribution in [3.05, 3.63) is 76.8 Å². The number of carbonyl (C=O) groups is 1. The molecular formula is C23H25ClN4O3. The number of methoxy groups -OCH3 is 1. The molecule has 162 valence electrons. The van der Waals surface area contributed by atoms with E-state index < -0.39 is 6.09 Å². The Morgan fingerprint density at radius 1 is 1.10 bits per heavy atom. The predicted molar refractivity (Wildman–Crippen MR) is 124 cm³/mol. The molecule has 31 heavy (non-hydrogen) atoms. The van der Waals surface area contributed by atoms with E-state index in [1.54, 1.807) is 26.2 Å². The summed E-state index contributed by atoms with van der Waals surface area (Å²) in [7, 11) is 1.64. The zero-order valence-electron chi connectivity index (χ0n) is 17.4. The van der Waals surface area contributed by atoms with Gasteiger partial charge in [-0.05, 0) is 60.9 Å². The first kappa shape index (κ1) is 22.2. The molecule has 1 unspecified atom stereocenters. The van der Waals surface area contributed by atoms with E-state index >= 15 is 0 Å². The number of rotatable bonds is 8. The van der Waals surface area contributed by atoms with Gasteiger partial charge in [0.05, 0.1) is 25.4 Å². The van der Waals surface area contributed by atoms with Gasteiger partial charge in [0.2, 0.25) is 0 Å². The van der Waals surface area contributed by atoms with Gasteiger partial charge >= 0.3 is 6.09 Å². The number of nitrogens with zero attached hydrogens (tertiary/aromatic N) is 1. The lowest BCUT2D eigenvalue weighted by molar-refractivity contribution is 0.168. The van der Waals surface area contributed by atoms with E-state index in [0.717, 1.165) is 16.9 Å². The molecule has 2 aromatic carbocycles. The summed E-state index contributed by atoms with van der Waals surface area (Å²) in [5, 5.41) is 6.70. The van der Waals surface area contributed by atoms with Crippen molar-refractivity contribution in [3.63, 3.8) is 0 Å². The van der Waals surface area contributed by atoms with Crippen LogP contribution in [0.15, 0.2) is 60.7 Å². The molecule has 8 heteroatoms. The van der Waals surface area contributed by atoms with Crippen LogP contribution in [0, 0.1) is 0 Å². The molecule has 0 aliphatic heterocycles. The number of carbonyl (C=O) groups excluding carboxylic acids is 1. The fourth-order valence-corrected chi connectivity index (χ4v) is 3.19. The predicted octanol–water partition coefficient (Wildman–Crippen LogP) is 5.29. The van der Waals surface area contributed by atoms with E-state index in [4.69, 9.17) is 26.8 Å². The molecule has 0 aliphatic rings. The number of nitrogens with one attached hydrogen (secondary N) is 2. The number of amides is 1. The highest BCUT2D eigenvalue weighted by Gasteiger charge is 2.15. The van der Waals surface area contributed by atoms with Crippen LogP contribution in [0.1, 0.15) is 24.1 Å². The van der Waals surface area contributed by atoms with Crippen molar-refractivity contribution in [2.45, 2.75) is 19.4 Å². The van der Waals surface area contributed by atoms with Gasteiger partial charge in [-0.1, -0.05) is 35.9 Å². The van der Waals surface area contributed by atoms with Gasteiger partial charge in [-0.15, -0.1) is 0 Å². The van der Waals surface area contributed by atoms with Crippen LogP contribution >= 0.6 is 11.6 Å². The Hall–Kier alpha value is -3.45. The summed E-state index contributed by atoms with van der Waals surface area (Å²) >= 11 is 6.02. The molecule has 0 saturated carbocycles. The van der Waals surface area contributed by atoms with Crippen LogP contribution in [0.2, 0.25) is 5.02 Å². The monoisotopic (exact) mass is 440 g/mol. The summed E-state index contributed by atoms with van der Waals surface area (Å²) in [6, 6.07) is 18.9. The Balaban J connectivity index is 1.82. The number of nitrogen functional groups attached to an aromatic ring is 1. The number of pyridine rings is 1. The third-order valence-corrected chi connectivity index (χ3v) is 4.88. The Morgan fingerprint density at radius 3 is 2.42 bits per heavy atom. The number of hydrogen-bond donors (Lipinski definition) is 3. The van der Waals surface area contributed by atoms with Gasteiger partial charge in [0, 0.05) is 5.02 Å². The molecule has 1 aromatic heterocycles. The van der Waals surface area contributed by atoms with Crippen LogP contribution in [0.3, 0.4) is 0 Å². The maximum atomic E-state index is 11.6. The highest BCUT2D eigenvalue weighted by molar-refractivity contribution is 6.30. The SMILES string of the molecule is CCOC(=O)Nc1ccc(NC(Cc2ccc(Cl)cc2)c2ccc(OC)cc2)nc1N. The number of nitrogens with two attached hydrogens (primary N) is 1. The van der Waals surface area contributed by atoms with Crippen LogP contribution in [-0.4, -0.2) is 24.8 Å². The molecular weight excluding hydrogens is 416 g/mol. The minimum Gasteiger partial charge on any atom is -0.497 e. The first-order chi connectivity index (χ1) is 15.0. The molecule has 0 fully saturated rings. The zero-order valence-corrected chi connectivity index (χ0v) is 18.1. The van der Waals surface area contributed by atoms with Gasteiger partial charge in [-0.25, -0.2) is 9.78 Å². The summed E-state index contributed by atoms with van der Waals surface area (Å²) in [4.78, 5) is 16.0. The van der Waals surface area contributed by atoms with Crippen molar-refractivity contribution in [2.24, 2.45) is 0 Å². The van der Waals surface area contributed by atoms with Crippen molar-refractivity contribution < 1.29 is 14.3 Å². The molecule has 0 radical (unpaired) electrons. The van der Waals surface area contributed by atoms with E-state index in [0.29, 0.717) is 22.9 Å². The van der Waals surface area contributed by atoms with Crippen LogP contribution in [0.25, 0.3) is 0 Å². The van der Waals surface area contributed by atoms with Gasteiger partial charge < -0.3 is 20.5 Å². The minimum absolute atomic E-state index is 0.0807. The summed E-state index contributed by atoms with van der Waals surface area (Å²) in [6.45, 7) is 2.00. The normalized spacial score (nSPS) is 11.5. The van der Waals surface area contributed by atoms with E-state index in [-0.39, 0.29) is 18.5 Å². The molecule has 0 saturated heterocycles. The summed E-state index contributed by atoms with van der Waals surface area (Å²) in [6.07, 6.45) is 0.129. The Bertz CT molecular complexity index is 1010. The van der Waals surface area contributed by atoms with Crippen LogP contribution in [-0.2, 0) is 11.2 Å². The number of anilines is 3. The quantitative estimate of drug-likeness (QED) is 0.440. The van der Waals surface area contributed by atoms with Gasteiger partial charge in [-0.2, -0.15) is 0 Å². The van der Waals surface area contributed by atoms with Crippen LogP contribution in [0.5, 0.6) is 5.75 Å². The van der Waals surface area contributed by atoms with E-state index in [2.05, 4.69) is 15.6 Å². The molecule has 4 N–H and O–H groups in total. The first-order valence-electron chi connectivity index (χ1n) is 9.83. The molecule has 0 spiro atoms. The third-order valence-electron chi connectivity index (χ3n) is 4.63. The van der Waals surface area contributed by atoms with Crippen molar-refractivity contribution in [2.75, 3.05) is 30.1 Å². The molecule has 1 amide bonds. The topological polar surface area (TPSA) is 98.5 Å². The number of benzene rings is 2. The molecule has 3 aromatic rings. The second-order valence-electron chi connectivity index (χ2n) is 6.78. The Kier molecular flexibility index (Phi) is 7.56. The highest BCUT2D eigenvalue weighted by atomic mass is 35.5. The van der Waals surface area contributed by atoms with Crippen molar-refractivity contribution in [1.29, 1.82) is 0 Å². The van der Waals surface area contributed by atoms with Gasteiger partial charge in [0.25, 0.3) is 0 Å². The molecule has 1 atom stereocenters. The number of hydrogen-bond acceptors (Lipinski definition) is 6. The summed E-state index contributed by atoms with van der Waals surface area (Å²) in [5.74, 6) is 1.56. The lowest BCUT2D eigenvalue weighted by atomic mass is 9.98. The van der Waals surface area contributed by atoms with Crippen LogP contribution < -0.4 is 21.1 Å². The largest absolute Gasteiger partial charge is 0.497 e. The molecule has 3 rings (SSSR count). The van der Waals surface area contributed by atoms with Crippen molar-refractivity contribution in [3.8, 4) is 5.75 Å². The van der Waals surface area contributed by atoms with Gasteiger partial charge in [0.15, 0.2) is 0 Å². The second-order valence-corrected chi connectivity index (χ2v) is 7.21. The van der Waals surface area contributed by atoms with Crippen LogP contribution in [0.4, 0.5) is 22.1 Å². The molecule has 0 bridgehead atoms. The highest BCUT2D eigenvalue weighted by Crippen LogP contribution is 2.27. The summed E-state index contributed by atoms with van der Waals surface area (Å²) in [5.41, 5.74) is 8.60. The minimum atomic E-state index is -0.574.